The van der Waals surface area contributed by atoms with E-state index in [1.54, 1.807) is 24.3 Å². The molecule has 2 saturated carbocycles. The van der Waals surface area contributed by atoms with Crippen LogP contribution in [0.25, 0.3) is 0 Å². The van der Waals surface area contributed by atoms with Crippen molar-refractivity contribution >= 4 is 17.6 Å². The molecule has 0 heterocycles. The number of anilines is 1. The van der Waals surface area contributed by atoms with Crippen molar-refractivity contribution < 1.29 is 19.4 Å². The number of carboxylic acid groups (broad SMARTS) is 1. The largest absolute Gasteiger partial charge is 0.550 e. The average Bonchev–Trinajstić information content (AvgIpc) is 3.22. The zero-order valence-corrected chi connectivity index (χ0v) is 13.5. The third-order valence-corrected chi connectivity index (χ3v) is 5.85. The molecule has 4 rings (SSSR count). The number of hydrogen-bond acceptors (Lipinski definition) is 4. The third kappa shape index (κ3) is 2.14. The molecule has 0 aliphatic heterocycles. The second-order valence-electron chi connectivity index (χ2n) is 6.99. The van der Waals surface area contributed by atoms with Gasteiger partial charge in [-0.15, -0.1) is 0 Å². The Morgan fingerprint density at radius 2 is 1.79 bits per heavy atom. The van der Waals surface area contributed by atoms with Crippen LogP contribution in [0.2, 0.25) is 0 Å². The molecule has 0 saturated heterocycles. The summed E-state index contributed by atoms with van der Waals surface area (Å²) in [5, 5.41) is 14.5. The molecule has 1 amide bonds. The van der Waals surface area contributed by atoms with Crippen LogP contribution >= 0.6 is 0 Å². The second-order valence-corrected chi connectivity index (χ2v) is 6.99. The molecule has 0 radical (unpaired) electrons. The summed E-state index contributed by atoms with van der Waals surface area (Å²) in [6.07, 6.45) is 6.04. The van der Waals surface area contributed by atoms with Crippen LogP contribution in [0.1, 0.15) is 19.8 Å². The Labute approximate surface area is 140 Å². The van der Waals surface area contributed by atoms with Crippen molar-refractivity contribution in [3.63, 3.8) is 0 Å². The molecule has 126 valence electrons. The summed E-state index contributed by atoms with van der Waals surface area (Å²) in [6.45, 7) is 2.49. The fourth-order valence-electron chi connectivity index (χ4n) is 4.70. The predicted octanol–water partition coefficient (Wildman–Crippen LogP) is 1.60. The van der Waals surface area contributed by atoms with Gasteiger partial charge >= 0.3 is 0 Å². The lowest BCUT2D eigenvalue weighted by Gasteiger charge is -2.27. The van der Waals surface area contributed by atoms with E-state index in [1.165, 1.54) is 0 Å². The number of rotatable bonds is 5. The van der Waals surface area contributed by atoms with Crippen molar-refractivity contribution in [2.75, 3.05) is 11.9 Å². The highest BCUT2D eigenvalue weighted by Gasteiger charge is 2.68. The molecule has 3 aliphatic carbocycles. The lowest BCUT2D eigenvalue weighted by atomic mass is 9.82. The predicted molar refractivity (Wildman–Crippen MR) is 86.0 cm³/mol. The zero-order chi connectivity index (χ0) is 16.9. The topological polar surface area (TPSA) is 78.5 Å². The first-order chi connectivity index (χ1) is 11.6. The molecule has 24 heavy (non-hydrogen) atoms. The monoisotopic (exact) mass is 326 g/mol. The number of carbonyl (C=O) groups is 2. The number of benzene rings is 1. The summed E-state index contributed by atoms with van der Waals surface area (Å²) in [5.74, 6) is -1.88. The van der Waals surface area contributed by atoms with Gasteiger partial charge in [0.25, 0.3) is 0 Å². The molecule has 4 unspecified atom stereocenters. The molecular formula is C19H20NO4-. The highest BCUT2D eigenvalue weighted by molar-refractivity contribution is 5.96. The van der Waals surface area contributed by atoms with E-state index < -0.39 is 17.8 Å². The smallest absolute Gasteiger partial charge is 0.228 e. The standard InChI is InChI=1S/C19H21NO4/c1-2-24-12-5-3-11(4-6-12)20-17(21)15-13-7-8-14(16(15)18(22)23)19(13)9-10-19/h3-8,13-16H,2,9-10H2,1H3,(H,20,21)(H,22,23)/p-1. The number of carbonyl (C=O) groups excluding carboxylic acids is 2. The highest BCUT2D eigenvalue weighted by Crippen LogP contribution is 2.71. The Morgan fingerprint density at radius 1 is 1.17 bits per heavy atom. The fraction of sp³-hybridized carbons (Fsp3) is 0.474. The van der Waals surface area contributed by atoms with Crippen molar-refractivity contribution in [3.05, 3.63) is 36.4 Å². The SMILES string of the molecule is CCOc1ccc(NC(=O)C2C(C(=O)[O-])C3C=CC2C32CC2)cc1. The average molecular weight is 326 g/mol. The van der Waals surface area contributed by atoms with Crippen LogP contribution in [0.4, 0.5) is 5.69 Å². The van der Waals surface area contributed by atoms with Gasteiger partial charge in [-0.1, -0.05) is 12.2 Å². The van der Waals surface area contributed by atoms with E-state index in [4.69, 9.17) is 4.74 Å². The first kappa shape index (κ1) is 15.2. The van der Waals surface area contributed by atoms with Crippen molar-refractivity contribution in [2.24, 2.45) is 29.1 Å². The van der Waals surface area contributed by atoms with Gasteiger partial charge in [-0.2, -0.15) is 0 Å². The van der Waals surface area contributed by atoms with E-state index in [2.05, 4.69) is 5.32 Å². The van der Waals surface area contributed by atoms with E-state index in [0.717, 1.165) is 18.6 Å². The Morgan fingerprint density at radius 3 is 2.33 bits per heavy atom. The van der Waals surface area contributed by atoms with Crippen LogP contribution in [0.5, 0.6) is 5.75 Å². The Hall–Kier alpha value is -2.30. The maximum absolute atomic E-state index is 12.8. The number of allylic oxidation sites excluding steroid dienone is 2. The number of hydrogen-bond donors (Lipinski definition) is 1. The molecule has 2 bridgehead atoms. The molecule has 1 N–H and O–H groups in total. The molecule has 1 aromatic carbocycles. The van der Waals surface area contributed by atoms with E-state index in [9.17, 15) is 14.7 Å². The molecule has 1 spiro atoms. The zero-order valence-electron chi connectivity index (χ0n) is 13.5. The Balaban J connectivity index is 1.53. The summed E-state index contributed by atoms with van der Waals surface area (Å²) < 4.78 is 5.38. The Bertz CT molecular complexity index is 705. The van der Waals surface area contributed by atoms with Crippen LogP contribution < -0.4 is 15.2 Å². The third-order valence-electron chi connectivity index (χ3n) is 5.85. The molecule has 0 aromatic heterocycles. The van der Waals surface area contributed by atoms with Crippen molar-refractivity contribution in [1.29, 1.82) is 0 Å². The van der Waals surface area contributed by atoms with Crippen molar-refractivity contribution in [3.8, 4) is 5.75 Å². The summed E-state index contributed by atoms with van der Waals surface area (Å²) in [4.78, 5) is 24.4. The summed E-state index contributed by atoms with van der Waals surface area (Å²) >= 11 is 0. The minimum Gasteiger partial charge on any atom is -0.550 e. The van der Waals surface area contributed by atoms with Crippen LogP contribution in [0.15, 0.2) is 36.4 Å². The van der Waals surface area contributed by atoms with Crippen LogP contribution in [0.3, 0.4) is 0 Å². The lowest BCUT2D eigenvalue weighted by molar-refractivity contribution is -0.313. The van der Waals surface area contributed by atoms with Crippen LogP contribution in [-0.4, -0.2) is 18.5 Å². The van der Waals surface area contributed by atoms with Gasteiger partial charge < -0.3 is 20.0 Å². The normalized spacial score (nSPS) is 31.2. The molecule has 2 fully saturated rings. The van der Waals surface area contributed by atoms with Gasteiger partial charge in [0.1, 0.15) is 5.75 Å². The number of nitrogens with one attached hydrogen (secondary N) is 1. The highest BCUT2D eigenvalue weighted by atomic mass is 16.5. The first-order valence-electron chi connectivity index (χ1n) is 8.50. The quantitative estimate of drug-likeness (QED) is 0.834. The number of amides is 1. The molecular weight excluding hydrogens is 306 g/mol. The molecule has 1 aromatic rings. The van der Waals surface area contributed by atoms with Gasteiger partial charge in [0.05, 0.1) is 12.5 Å². The number of carboxylic acids is 1. The second kappa shape index (κ2) is 5.36. The van der Waals surface area contributed by atoms with E-state index in [1.807, 2.05) is 19.1 Å². The minimum atomic E-state index is -1.11. The van der Waals surface area contributed by atoms with Gasteiger partial charge in [-0.05, 0) is 61.3 Å². The van der Waals surface area contributed by atoms with Crippen molar-refractivity contribution in [2.45, 2.75) is 19.8 Å². The van der Waals surface area contributed by atoms with Gasteiger partial charge in [-0.25, -0.2) is 0 Å². The van der Waals surface area contributed by atoms with E-state index in [0.29, 0.717) is 12.3 Å². The first-order valence-corrected chi connectivity index (χ1v) is 8.50. The summed E-state index contributed by atoms with van der Waals surface area (Å²) in [6, 6.07) is 7.12. The van der Waals surface area contributed by atoms with Gasteiger partial charge in [0, 0.05) is 17.6 Å². The maximum atomic E-state index is 12.8. The van der Waals surface area contributed by atoms with Crippen LogP contribution in [0, 0.1) is 29.1 Å². The minimum absolute atomic E-state index is 0.00552. The molecule has 5 heteroatoms. The maximum Gasteiger partial charge on any atom is 0.228 e. The van der Waals surface area contributed by atoms with Crippen molar-refractivity contribution in [1.82, 2.24) is 0 Å². The lowest BCUT2D eigenvalue weighted by Crippen LogP contribution is -2.42. The molecule has 3 aliphatic rings. The number of aliphatic carboxylic acids is 1. The Kier molecular flexibility index (Phi) is 3.41. The molecule has 4 atom stereocenters. The number of ether oxygens (including phenoxy) is 1. The fourth-order valence-corrected chi connectivity index (χ4v) is 4.70. The van der Waals surface area contributed by atoms with Gasteiger partial charge in [0.15, 0.2) is 0 Å². The van der Waals surface area contributed by atoms with E-state index in [-0.39, 0.29) is 23.2 Å². The van der Waals surface area contributed by atoms with Crippen LogP contribution in [-0.2, 0) is 9.59 Å². The van der Waals surface area contributed by atoms with Gasteiger partial charge in [-0.3, -0.25) is 4.79 Å². The molecule has 5 nitrogen and oxygen atoms in total. The summed E-state index contributed by atoms with van der Waals surface area (Å²) in [5.41, 5.74) is 0.656. The van der Waals surface area contributed by atoms with E-state index >= 15 is 0 Å². The summed E-state index contributed by atoms with van der Waals surface area (Å²) in [7, 11) is 0. The van der Waals surface area contributed by atoms with Gasteiger partial charge in [0.2, 0.25) is 5.91 Å².